The molecule has 2 atom stereocenters. The first-order valence-electron chi connectivity index (χ1n) is 29.6. The van der Waals surface area contributed by atoms with Gasteiger partial charge in [-0.05, 0) is 51.4 Å². The number of unbranched alkanes of at least 4 members (excludes halogenated alkanes) is 40. The number of ether oxygens (including phenoxy) is 1. The van der Waals surface area contributed by atoms with Crippen LogP contribution in [0.1, 0.15) is 322 Å². The highest BCUT2D eigenvalue weighted by Gasteiger charge is 2.20. The summed E-state index contributed by atoms with van der Waals surface area (Å²) in [7, 11) is 0. The van der Waals surface area contributed by atoms with Crippen LogP contribution >= 0.6 is 0 Å². The zero-order valence-corrected chi connectivity index (χ0v) is 44.4. The predicted molar refractivity (Wildman–Crippen MR) is 287 cm³/mol. The average Bonchev–Trinajstić information content (AvgIpc) is 3.32. The Hall–Kier alpha value is -1.66. The van der Waals surface area contributed by atoms with E-state index in [4.69, 9.17) is 4.74 Å². The molecule has 390 valence electrons. The summed E-state index contributed by atoms with van der Waals surface area (Å²) < 4.78 is 5.47. The lowest BCUT2D eigenvalue weighted by Crippen LogP contribution is -2.45. The Morgan fingerprint density at radius 1 is 0.424 bits per heavy atom. The fourth-order valence-corrected chi connectivity index (χ4v) is 9.19. The van der Waals surface area contributed by atoms with Crippen molar-refractivity contribution in [2.75, 3.05) is 13.2 Å². The van der Waals surface area contributed by atoms with Crippen molar-refractivity contribution in [2.24, 2.45) is 0 Å². The van der Waals surface area contributed by atoms with Crippen LogP contribution in [0.4, 0.5) is 0 Å². The molecule has 6 nitrogen and oxygen atoms in total. The number of amides is 1. The lowest BCUT2D eigenvalue weighted by molar-refractivity contribution is -0.143. The van der Waals surface area contributed by atoms with Gasteiger partial charge < -0.3 is 20.3 Å². The average molecular weight is 931 g/mol. The molecule has 0 aliphatic rings. The summed E-state index contributed by atoms with van der Waals surface area (Å²) in [5.74, 6) is -0.0440. The lowest BCUT2D eigenvalue weighted by atomic mass is 10.0. The zero-order chi connectivity index (χ0) is 47.9. The van der Waals surface area contributed by atoms with Crippen LogP contribution in [0, 0.1) is 0 Å². The fourth-order valence-electron chi connectivity index (χ4n) is 9.19. The van der Waals surface area contributed by atoms with E-state index in [1.165, 1.54) is 238 Å². The molecule has 0 fully saturated rings. The molecule has 0 aromatic carbocycles. The van der Waals surface area contributed by atoms with Gasteiger partial charge in [-0.15, -0.1) is 0 Å². The van der Waals surface area contributed by atoms with E-state index in [1.807, 2.05) is 0 Å². The van der Waals surface area contributed by atoms with Gasteiger partial charge in [-0.3, -0.25) is 9.59 Å². The summed E-state index contributed by atoms with van der Waals surface area (Å²) in [6.45, 7) is 4.92. The number of hydrogen-bond donors (Lipinski definition) is 3. The van der Waals surface area contributed by atoms with E-state index in [0.717, 1.165) is 51.4 Å². The summed E-state index contributed by atoms with van der Waals surface area (Å²) in [5.41, 5.74) is 0. The number of carbonyl (C=O) groups excluding carboxylic acids is 2. The second-order valence-corrected chi connectivity index (χ2v) is 20.3. The number of rotatable bonds is 55. The molecule has 0 aliphatic heterocycles. The molecule has 0 aliphatic carbocycles. The normalized spacial score (nSPS) is 12.7. The van der Waals surface area contributed by atoms with Crippen molar-refractivity contribution in [1.82, 2.24) is 5.32 Å². The lowest BCUT2D eigenvalue weighted by Gasteiger charge is -2.22. The Kier molecular flexibility index (Phi) is 54.5. The third-order valence-corrected chi connectivity index (χ3v) is 13.8. The summed E-state index contributed by atoms with van der Waals surface area (Å²) in [6.07, 6.45) is 67.4. The molecule has 0 spiro atoms. The molecule has 0 aromatic heterocycles. The first kappa shape index (κ1) is 64.3. The Morgan fingerprint density at radius 3 is 1.20 bits per heavy atom. The van der Waals surface area contributed by atoms with Crippen LogP contribution in [0.25, 0.3) is 0 Å². The smallest absolute Gasteiger partial charge is 0.305 e. The molecule has 2 unspecified atom stereocenters. The number of esters is 1. The molecule has 0 radical (unpaired) electrons. The summed E-state index contributed by atoms with van der Waals surface area (Å²) in [4.78, 5) is 24.5. The number of allylic oxidation sites excluding steroid dienone is 4. The van der Waals surface area contributed by atoms with Gasteiger partial charge in [-0.1, -0.05) is 282 Å². The molecular formula is C60H115NO5. The van der Waals surface area contributed by atoms with Crippen molar-refractivity contribution in [3.63, 3.8) is 0 Å². The van der Waals surface area contributed by atoms with Crippen LogP contribution in [0.5, 0.6) is 0 Å². The van der Waals surface area contributed by atoms with E-state index in [1.54, 1.807) is 0 Å². The van der Waals surface area contributed by atoms with Gasteiger partial charge in [0.1, 0.15) is 0 Å². The van der Waals surface area contributed by atoms with Crippen molar-refractivity contribution in [3.8, 4) is 0 Å². The van der Waals surface area contributed by atoms with Crippen LogP contribution in [-0.4, -0.2) is 47.4 Å². The molecule has 0 saturated heterocycles. The third-order valence-electron chi connectivity index (χ3n) is 13.8. The molecular weight excluding hydrogens is 815 g/mol. The predicted octanol–water partition coefficient (Wildman–Crippen LogP) is 18.2. The molecule has 3 N–H and O–H groups in total. The highest BCUT2D eigenvalue weighted by Crippen LogP contribution is 2.18. The maximum atomic E-state index is 12.5. The minimum absolute atomic E-state index is 0.00689. The molecule has 0 rings (SSSR count). The van der Waals surface area contributed by atoms with Crippen molar-refractivity contribution >= 4 is 11.9 Å². The largest absolute Gasteiger partial charge is 0.466 e. The zero-order valence-electron chi connectivity index (χ0n) is 44.4. The number of carbonyl (C=O) groups is 2. The number of hydrogen-bond acceptors (Lipinski definition) is 5. The second kappa shape index (κ2) is 55.9. The first-order chi connectivity index (χ1) is 32.5. The highest BCUT2D eigenvalue weighted by atomic mass is 16.5. The first-order valence-corrected chi connectivity index (χ1v) is 29.6. The highest BCUT2D eigenvalue weighted by molar-refractivity contribution is 5.76. The van der Waals surface area contributed by atoms with Crippen LogP contribution in [0.15, 0.2) is 24.3 Å². The third kappa shape index (κ3) is 51.7. The van der Waals surface area contributed by atoms with Crippen LogP contribution < -0.4 is 5.32 Å². The van der Waals surface area contributed by atoms with E-state index in [-0.39, 0.29) is 18.5 Å². The quantitative estimate of drug-likeness (QED) is 0.0321. The molecule has 0 saturated carbocycles. The van der Waals surface area contributed by atoms with Crippen molar-refractivity contribution in [1.29, 1.82) is 0 Å². The molecule has 1 amide bonds. The SMILES string of the molecule is CCCC/C=C\C/C=C\CCCCCCCC(=O)OCCCCCCCCCCCCCCCCCCCCC(=O)NC(CO)C(O)CCCCCCCCCCCCCCCCCCC. The van der Waals surface area contributed by atoms with Gasteiger partial charge in [0, 0.05) is 12.8 Å². The number of aliphatic hydroxyl groups is 2. The Labute approximate surface area is 411 Å². The van der Waals surface area contributed by atoms with Crippen LogP contribution in [-0.2, 0) is 14.3 Å². The van der Waals surface area contributed by atoms with Gasteiger partial charge in [0.2, 0.25) is 5.91 Å². The van der Waals surface area contributed by atoms with Crippen molar-refractivity contribution < 1.29 is 24.5 Å². The topological polar surface area (TPSA) is 95.9 Å². The van der Waals surface area contributed by atoms with Crippen LogP contribution in [0.2, 0.25) is 0 Å². The molecule has 6 heteroatoms. The van der Waals surface area contributed by atoms with E-state index >= 15 is 0 Å². The van der Waals surface area contributed by atoms with Gasteiger partial charge >= 0.3 is 5.97 Å². The van der Waals surface area contributed by atoms with Gasteiger partial charge in [-0.2, -0.15) is 0 Å². The van der Waals surface area contributed by atoms with Gasteiger partial charge in [-0.25, -0.2) is 0 Å². The molecule has 0 bridgehead atoms. The minimum Gasteiger partial charge on any atom is -0.466 e. The maximum absolute atomic E-state index is 12.5. The minimum atomic E-state index is -0.667. The van der Waals surface area contributed by atoms with Gasteiger partial charge in [0.15, 0.2) is 0 Å². The molecule has 0 aromatic rings. The van der Waals surface area contributed by atoms with E-state index in [0.29, 0.717) is 25.9 Å². The fraction of sp³-hybridized carbons (Fsp3) is 0.900. The maximum Gasteiger partial charge on any atom is 0.305 e. The van der Waals surface area contributed by atoms with Gasteiger partial charge in [0.05, 0.1) is 25.4 Å². The molecule has 0 heterocycles. The second-order valence-electron chi connectivity index (χ2n) is 20.3. The number of aliphatic hydroxyl groups excluding tert-OH is 2. The number of nitrogens with one attached hydrogen (secondary N) is 1. The van der Waals surface area contributed by atoms with Crippen molar-refractivity contribution in [2.45, 2.75) is 334 Å². The Morgan fingerprint density at radius 2 is 0.773 bits per heavy atom. The van der Waals surface area contributed by atoms with E-state index in [2.05, 4.69) is 43.5 Å². The van der Waals surface area contributed by atoms with E-state index in [9.17, 15) is 19.8 Å². The monoisotopic (exact) mass is 930 g/mol. The van der Waals surface area contributed by atoms with Crippen molar-refractivity contribution in [3.05, 3.63) is 24.3 Å². The Balaban J connectivity index is 3.41. The molecule has 66 heavy (non-hydrogen) atoms. The summed E-state index contributed by atoms with van der Waals surface area (Å²) >= 11 is 0. The standard InChI is InChI=1S/C60H115NO5/c1-3-5-7-9-11-13-15-17-19-22-25-28-32-36-40-44-48-52-58(63)57(56-62)61-59(64)53-49-45-41-37-33-29-26-23-20-21-24-27-31-35-39-43-47-51-55-66-60(65)54-50-46-42-38-34-30-18-16-14-12-10-8-6-4-2/h10,12,16,18,57-58,62-63H,3-9,11,13-15,17,19-56H2,1-2H3,(H,61,64)/b12-10-,18-16-. The Bertz CT molecular complexity index is 1030. The van der Waals surface area contributed by atoms with E-state index < -0.39 is 12.1 Å². The summed E-state index contributed by atoms with van der Waals surface area (Å²) in [5, 5.41) is 23.3. The summed E-state index contributed by atoms with van der Waals surface area (Å²) in [6, 6.07) is -0.545. The van der Waals surface area contributed by atoms with Gasteiger partial charge in [0.25, 0.3) is 0 Å². The van der Waals surface area contributed by atoms with Crippen LogP contribution in [0.3, 0.4) is 0 Å².